The molecule has 0 aliphatic heterocycles. The largest absolute Gasteiger partial charge is 0.490 e. The van der Waals surface area contributed by atoms with Gasteiger partial charge in [-0.25, -0.2) is 0 Å². The monoisotopic (exact) mass is 246 g/mol. The van der Waals surface area contributed by atoms with Crippen LogP contribution in [0.25, 0.3) is 0 Å². The molecule has 2 saturated carbocycles. The van der Waals surface area contributed by atoms with Gasteiger partial charge in [-0.3, -0.25) is 0 Å². The van der Waals surface area contributed by atoms with E-state index in [1.54, 1.807) is 0 Å². The Morgan fingerprint density at radius 3 is 2.83 bits per heavy atom. The summed E-state index contributed by atoms with van der Waals surface area (Å²) in [5.41, 5.74) is 6.55. The van der Waals surface area contributed by atoms with Crippen molar-refractivity contribution in [2.75, 3.05) is 18.9 Å². The summed E-state index contributed by atoms with van der Waals surface area (Å²) in [6.45, 7) is 1.62. The Balaban J connectivity index is 1.39. The minimum Gasteiger partial charge on any atom is -0.490 e. The van der Waals surface area contributed by atoms with Gasteiger partial charge < -0.3 is 15.8 Å². The second-order valence-corrected chi connectivity index (χ2v) is 5.62. The zero-order valence-corrected chi connectivity index (χ0v) is 10.8. The number of rotatable bonds is 5. The topological polar surface area (TPSA) is 47.3 Å². The fourth-order valence-corrected chi connectivity index (χ4v) is 3.51. The highest BCUT2D eigenvalue weighted by Gasteiger charge is 2.38. The van der Waals surface area contributed by atoms with Gasteiger partial charge in [-0.15, -0.1) is 0 Å². The van der Waals surface area contributed by atoms with Gasteiger partial charge in [0.1, 0.15) is 12.4 Å². The number of hydrogen-bond donors (Lipinski definition) is 2. The van der Waals surface area contributed by atoms with Crippen LogP contribution in [0.1, 0.15) is 25.7 Å². The molecule has 0 spiro atoms. The Kier molecular flexibility index (Phi) is 3.41. The van der Waals surface area contributed by atoms with Crippen LogP contribution in [0.3, 0.4) is 0 Å². The van der Waals surface area contributed by atoms with Crippen molar-refractivity contribution in [3.63, 3.8) is 0 Å². The van der Waals surface area contributed by atoms with Gasteiger partial charge >= 0.3 is 0 Å². The number of hydrogen-bond acceptors (Lipinski definition) is 3. The molecular weight excluding hydrogens is 224 g/mol. The lowest BCUT2D eigenvalue weighted by atomic mass is 9.95. The van der Waals surface area contributed by atoms with E-state index in [1.807, 2.05) is 24.3 Å². The van der Waals surface area contributed by atoms with Gasteiger partial charge in [-0.05, 0) is 43.2 Å². The average molecular weight is 246 g/mol. The number of anilines is 1. The lowest BCUT2D eigenvalue weighted by molar-refractivity contribution is 0.283. The zero-order valence-electron chi connectivity index (χ0n) is 10.8. The molecule has 3 rings (SSSR count). The molecule has 3 heteroatoms. The third-order valence-corrected chi connectivity index (χ3v) is 4.42. The molecule has 0 heterocycles. The summed E-state index contributed by atoms with van der Waals surface area (Å²) < 4.78 is 5.69. The molecule has 1 aromatic rings. The van der Waals surface area contributed by atoms with Crippen LogP contribution in [0.2, 0.25) is 0 Å². The molecule has 3 atom stereocenters. The van der Waals surface area contributed by atoms with Gasteiger partial charge in [0.2, 0.25) is 0 Å². The highest BCUT2D eigenvalue weighted by atomic mass is 16.5. The maximum absolute atomic E-state index is 5.83. The molecule has 18 heavy (non-hydrogen) atoms. The van der Waals surface area contributed by atoms with Gasteiger partial charge in [0, 0.05) is 12.6 Å². The van der Waals surface area contributed by atoms with Crippen molar-refractivity contribution >= 4 is 5.69 Å². The molecule has 98 valence electrons. The Hall–Kier alpha value is -1.22. The van der Waals surface area contributed by atoms with Crippen molar-refractivity contribution in [3.8, 4) is 5.75 Å². The molecule has 3 unspecified atom stereocenters. The number of nitrogens with two attached hydrogens (primary N) is 1. The molecule has 2 aliphatic carbocycles. The quantitative estimate of drug-likeness (QED) is 0.619. The number of ether oxygens (including phenoxy) is 1. The second-order valence-electron chi connectivity index (χ2n) is 5.62. The number of benzene rings is 1. The first-order valence-electron chi connectivity index (χ1n) is 7.03. The van der Waals surface area contributed by atoms with Crippen LogP contribution < -0.4 is 15.8 Å². The molecule has 0 aromatic heterocycles. The molecule has 2 fully saturated rings. The fourth-order valence-electron chi connectivity index (χ4n) is 3.51. The average Bonchev–Trinajstić information content (AvgIpc) is 2.99. The SMILES string of the molecule is Nc1ccccc1OCCNC1CC2CCC1C2. The third-order valence-electron chi connectivity index (χ3n) is 4.42. The van der Waals surface area contributed by atoms with Crippen molar-refractivity contribution in [2.24, 2.45) is 11.8 Å². The molecule has 0 saturated heterocycles. The van der Waals surface area contributed by atoms with Crippen LogP contribution in [-0.2, 0) is 0 Å². The van der Waals surface area contributed by atoms with E-state index in [-0.39, 0.29) is 0 Å². The van der Waals surface area contributed by atoms with Crippen molar-refractivity contribution in [3.05, 3.63) is 24.3 Å². The van der Waals surface area contributed by atoms with Crippen LogP contribution in [0.4, 0.5) is 5.69 Å². The predicted octanol–water partition coefficient (Wildman–Crippen LogP) is 2.43. The molecule has 2 bridgehead atoms. The molecule has 3 N–H and O–H groups in total. The summed E-state index contributed by atoms with van der Waals surface area (Å²) in [6.07, 6.45) is 5.71. The number of fused-ring (bicyclic) bond motifs is 2. The first-order chi connectivity index (χ1) is 8.83. The van der Waals surface area contributed by atoms with Crippen LogP contribution in [0, 0.1) is 11.8 Å². The molecular formula is C15H22N2O. The Morgan fingerprint density at radius 2 is 2.11 bits per heavy atom. The Morgan fingerprint density at radius 1 is 1.22 bits per heavy atom. The lowest BCUT2D eigenvalue weighted by Gasteiger charge is -2.23. The third kappa shape index (κ3) is 2.46. The van der Waals surface area contributed by atoms with E-state index in [0.717, 1.165) is 35.9 Å². The smallest absolute Gasteiger partial charge is 0.142 e. The predicted molar refractivity (Wildman–Crippen MR) is 73.6 cm³/mol. The Bertz CT molecular complexity index is 407. The van der Waals surface area contributed by atoms with Gasteiger partial charge in [0.15, 0.2) is 0 Å². The highest BCUT2D eigenvalue weighted by molar-refractivity contribution is 5.51. The summed E-state index contributed by atoms with van der Waals surface area (Å²) in [4.78, 5) is 0. The molecule has 0 radical (unpaired) electrons. The number of nitrogen functional groups attached to an aromatic ring is 1. The normalized spacial score (nSPS) is 29.7. The van der Waals surface area contributed by atoms with E-state index in [2.05, 4.69) is 5.32 Å². The summed E-state index contributed by atoms with van der Waals surface area (Å²) in [7, 11) is 0. The molecule has 2 aliphatic rings. The van der Waals surface area contributed by atoms with Crippen molar-refractivity contribution < 1.29 is 4.74 Å². The summed E-state index contributed by atoms with van der Waals surface area (Å²) in [5.74, 6) is 2.72. The zero-order chi connectivity index (χ0) is 12.4. The maximum atomic E-state index is 5.83. The van der Waals surface area contributed by atoms with Gasteiger partial charge in [-0.2, -0.15) is 0 Å². The van der Waals surface area contributed by atoms with Crippen LogP contribution in [0.15, 0.2) is 24.3 Å². The Labute approximate surface area is 109 Å². The minimum atomic E-state index is 0.697. The lowest BCUT2D eigenvalue weighted by Crippen LogP contribution is -2.36. The van der Waals surface area contributed by atoms with E-state index in [9.17, 15) is 0 Å². The van der Waals surface area contributed by atoms with E-state index in [4.69, 9.17) is 10.5 Å². The van der Waals surface area contributed by atoms with Gasteiger partial charge in [0.05, 0.1) is 5.69 Å². The minimum absolute atomic E-state index is 0.697. The van der Waals surface area contributed by atoms with Crippen molar-refractivity contribution in [1.29, 1.82) is 0 Å². The van der Waals surface area contributed by atoms with Crippen LogP contribution >= 0.6 is 0 Å². The fraction of sp³-hybridized carbons (Fsp3) is 0.600. The van der Waals surface area contributed by atoms with Gasteiger partial charge in [-0.1, -0.05) is 18.6 Å². The van der Waals surface area contributed by atoms with E-state index in [1.165, 1.54) is 25.7 Å². The van der Waals surface area contributed by atoms with Crippen LogP contribution in [-0.4, -0.2) is 19.2 Å². The summed E-state index contributed by atoms with van der Waals surface area (Å²) in [6, 6.07) is 8.41. The van der Waals surface area contributed by atoms with Crippen molar-refractivity contribution in [2.45, 2.75) is 31.7 Å². The standard InChI is InChI=1S/C15H22N2O/c16-13-3-1-2-4-15(13)18-8-7-17-14-10-11-5-6-12(14)9-11/h1-4,11-12,14,17H,5-10,16H2. The van der Waals surface area contributed by atoms with Crippen molar-refractivity contribution in [1.82, 2.24) is 5.32 Å². The van der Waals surface area contributed by atoms with E-state index in [0.29, 0.717) is 6.61 Å². The van der Waals surface area contributed by atoms with Crippen LogP contribution in [0.5, 0.6) is 5.75 Å². The first-order valence-corrected chi connectivity index (χ1v) is 7.03. The molecule has 3 nitrogen and oxygen atoms in total. The molecule has 1 aromatic carbocycles. The van der Waals surface area contributed by atoms with E-state index < -0.39 is 0 Å². The second kappa shape index (κ2) is 5.19. The highest BCUT2D eigenvalue weighted by Crippen LogP contribution is 2.44. The first kappa shape index (κ1) is 11.8. The summed E-state index contributed by atoms with van der Waals surface area (Å²) in [5, 5.41) is 3.64. The number of para-hydroxylation sites is 2. The van der Waals surface area contributed by atoms with E-state index >= 15 is 0 Å². The maximum Gasteiger partial charge on any atom is 0.142 e. The van der Waals surface area contributed by atoms with Gasteiger partial charge in [0.25, 0.3) is 0 Å². The summed E-state index contributed by atoms with van der Waals surface area (Å²) >= 11 is 0. The number of nitrogens with one attached hydrogen (secondary N) is 1. The molecule has 0 amide bonds.